The lowest BCUT2D eigenvalue weighted by Gasteiger charge is -2.03. The smallest absolute Gasteiger partial charge is 0.358 e. The molecule has 1 aromatic carbocycles. The van der Waals surface area contributed by atoms with E-state index in [2.05, 4.69) is 45.2 Å². The fraction of sp³-hybridized carbons (Fsp3) is 0.286. The normalized spacial score (nSPS) is 14.4. The van der Waals surface area contributed by atoms with Crippen LogP contribution >= 0.6 is 27.3 Å². The Bertz CT molecular complexity index is 617. The number of ether oxygens (including phenoxy) is 1. The number of benzene rings is 1. The lowest BCUT2D eigenvalue weighted by Crippen LogP contribution is -2.03. The van der Waals surface area contributed by atoms with Crippen LogP contribution in [0.2, 0.25) is 0 Å². The van der Waals surface area contributed by atoms with E-state index in [0.717, 1.165) is 16.4 Å². The zero-order valence-electron chi connectivity index (χ0n) is 10.4. The molecule has 5 heteroatoms. The van der Waals surface area contributed by atoms with Gasteiger partial charge in [0.25, 0.3) is 0 Å². The number of aromatic nitrogens is 1. The molecular weight excluding hydrogens is 326 g/mol. The van der Waals surface area contributed by atoms with Crippen molar-refractivity contribution in [3.05, 3.63) is 39.4 Å². The first kappa shape index (κ1) is 12.8. The highest BCUT2D eigenvalue weighted by atomic mass is 79.9. The Morgan fingerprint density at radius 3 is 2.63 bits per heavy atom. The molecule has 0 bridgehead atoms. The molecule has 1 fully saturated rings. The third kappa shape index (κ3) is 2.58. The van der Waals surface area contributed by atoms with E-state index in [9.17, 15) is 4.79 Å². The lowest BCUT2D eigenvalue weighted by molar-refractivity contribution is 0.0595. The van der Waals surface area contributed by atoms with Crippen molar-refractivity contribution in [1.29, 1.82) is 0 Å². The molecule has 2 aromatic rings. The number of hydrogen-bond donors (Lipinski definition) is 0. The Labute approximate surface area is 123 Å². The number of rotatable bonds is 3. The average Bonchev–Trinajstić information content (AvgIpc) is 3.21. The summed E-state index contributed by atoms with van der Waals surface area (Å²) in [5.74, 6) is 0.338. The van der Waals surface area contributed by atoms with Gasteiger partial charge in [0.15, 0.2) is 9.61 Å². The van der Waals surface area contributed by atoms with Crippen LogP contribution in [0.25, 0.3) is 10.4 Å². The first-order valence-corrected chi connectivity index (χ1v) is 7.65. The van der Waals surface area contributed by atoms with Crippen LogP contribution in [0.4, 0.5) is 0 Å². The van der Waals surface area contributed by atoms with Gasteiger partial charge < -0.3 is 4.74 Å². The summed E-state index contributed by atoms with van der Waals surface area (Å²) >= 11 is 4.77. The van der Waals surface area contributed by atoms with Crippen molar-refractivity contribution in [3.8, 4) is 10.4 Å². The van der Waals surface area contributed by atoms with E-state index in [1.165, 1.54) is 36.9 Å². The van der Waals surface area contributed by atoms with Gasteiger partial charge in [0.2, 0.25) is 0 Å². The van der Waals surface area contributed by atoms with Gasteiger partial charge in [-0.25, -0.2) is 9.78 Å². The molecule has 0 unspecified atom stereocenters. The third-order valence-corrected chi connectivity index (χ3v) is 4.76. The highest BCUT2D eigenvalue weighted by molar-refractivity contribution is 9.11. The van der Waals surface area contributed by atoms with E-state index in [4.69, 9.17) is 4.74 Å². The van der Waals surface area contributed by atoms with Crippen LogP contribution in [0.1, 0.15) is 34.8 Å². The Morgan fingerprint density at radius 2 is 2.05 bits per heavy atom. The number of carbonyl (C=O) groups is 1. The summed E-state index contributed by atoms with van der Waals surface area (Å²) in [6.45, 7) is 0. The Kier molecular flexibility index (Phi) is 3.41. The Morgan fingerprint density at radius 1 is 1.37 bits per heavy atom. The highest BCUT2D eigenvalue weighted by Crippen LogP contribution is 2.41. The van der Waals surface area contributed by atoms with Gasteiger partial charge in [0.05, 0.1) is 12.0 Å². The zero-order chi connectivity index (χ0) is 13.4. The van der Waals surface area contributed by atoms with Crippen molar-refractivity contribution < 1.29 is 9.53 Å². The van der Waals surface area contributed by atoms with E-state index >= 15 is 0 Å². The monoisotopic (exact) mass is 337 g/mol. The molecule has 1 aliphatic rings. The average molecular weight is 338 g/mol. The number of nitrogens with zero attached hydrogens (tertiary/aromatic N) is 1. The predicted molar refractivity (Wildman–Crippen MR) is 78.6 cm³/mol. The molecule has 98 valence electrons. The summed E-state index contributed by atoms with van der Waals surface area (Å²) in [7, 11) is 1.37. The molecule has 0 N–H and O–H groups in total. The summed E-state index contributed by atoms with van der Waals surface area (Å²) in [4.78, 5) is 16.7. The summed E-state index contributed by atoms with van der Waals surface area (Å²) in [5.41, 5.74) is 2.76. The van der Waals surface area contributed by atoms with Crippen LogP contribution in [0.5, 0.6) is 0 Å². The largest absolute Gasteiger partial charge is 0.464 e. The first-order chi connectivity index (χ1) is 9.19. The van der Waals surface area contributed by atoms with Crippen molar-refractivity contribution in [2.24, 2.45) is 0 Å². The minimum atomic E-state index is -0.400. The summed E-state index contributed by atoms with van der Waals surface area (Å²) < 4.78 is 5.46. The maximum Gasteiger partial charge on any atom is 0.358 e. The Hall–Kier alpha value is -1.20. The lowest BCUT2D eigenvalue weighted by atomic mass is 10.1. The zero-order valence-corrected chi connectivity index (χ0v) is 12.8. The maximum absolute atomic E-state index is 11.7. The molecule has 3 nitrogen and oxygen atoms in total. The Balaban J connectivity index is 1.98. The third-order valence-electron chi connectivity index (χ3n) is 3.20. The van der Waals surface area contributed by atoms with E-state index in [1.54, 1.807) is 0 Å². The molecule has 0 spiro atoms. The topological polar surface area (TPSA) is 39.2 Å². The van der Waals surface area contributed by atoms with Crippen molar-refractivity contribution in [3.63, 3.8) is 0 Å². The molecule has 1 aromatic heterocycles. The fourth-order valence-corrected chi connectivity index (χ4v) is 3.50. The maximum atomic E-state index is 11.7. The number of carbonyl (C=O) groups excluding carboxylic acids is 1. The molecule has 0 aliphatic heterocycles. The number of halogens is 1. The molecular formula is C14H12BrNO2S. The van der Waals surface area contributed by atoms with Crippen LogP contribution in [0.3, 0.4) is 0 Å². The standard InChI is InChI=1S/C14H12BrNO2S/c1-18-13(17)11-12(19-14(15)16-11)10-6-4-9(5-7-10)8-2-3-8/h4-8H,2-3H2,1H3. The van der Waals surface area contributed by atoms with E-state index < -0.39 is 5.97 Å². The minimum Gasteiger partial charge on any atom is -0.464 e. The van der Waals surface area contributed by atoms with Gasteiger partial charge in [-0.15, -0.1) is 11.3 Å². The van der Waals surface area contributed by atoms with Gasteiger partial charge in [-0.1, -0.05) is 24.3 Å². The molecule has 1 heterocycles. The van der Waals surface area contributed by atoms with E-state index in [1.807, 2.05) is 0 Å². The highest BCUT2D eigenvalue weighted by Gasteiger charge is 2.24. The van der Waals surface area contributed by atoms with Gasteiger partial charge >= 0.3 is 5.97 Å². The van der Waals surface area contributed by atoms with Crippen LogP contribution in [-0.4, -0.2) is 18.1 Å². The van der Waals surface area contributed by atoms with Gasteiger partial charge in [0, 0.05) is 0 Å². The van der Waals surface area contributed by atoms with Gasteiger partial charge in [0.1, 0.15) is 0 Å². The number of methoxy groups -OCH3 is 1. The van der Waals surface area contributed by atoms with Crippen LogP contribution in [0, 0.1) is 0 Å². The molecule has 0 atom stereocenters. The second-order valence-corrected chi connectivity index (χ2v) is 6.81. The number of hydrogen-bond acceptors (Lipinski definition) is 4. The SMILES string of the molecule is COC(=O)c1nc(Br)sc1-c1ccc(C2CC2)cc1. The van der Waals surface area contributed by atoms with Crippen LogP contribution in [0.15, 0.2) is 28.2 Å². The second kappa shape index (κ2) is 5.06. The van der Waals surface area contributed by atoms with Crippen molar-refractivity contribution in [2.45, 2.75) is 18.8 Å². The summed E-state index contributed by atoms with van der Waals surface area (Å²) in [6.07, 6.45) is 2.58. The fourth-order valence-electron chi connectivity index (χ4n) is 2.05. The summed E-state index contributed by atoms with van der Waals surface area (Å²) in [6, 6.07) is 8.39. The van der Waals surface area contributed by atoms with Crippen molar-refractivity contribution in [2.75, 3.05) is 7.11 Å². The van der Waals surface area contributed by atoms with Gasteiger partial charge in [-0.2, -0.15) is 0 Å². The van der Waals surface area contributed by atoms with Crippen molar-refractivity contribution >= 4 is 33.2 Å². The van der Waals surface area contributed by atoms with E-state index in [-0.39, 0.29) is 0 Å². The van der Waals surface area contributed by atoms with Crippen molar-refractivity contribution in [1.82, 2.24) is 4.98 Å². The molecule has 3 rings (SSSR count). The van der Waals surface area contributed by atoms with Crippen LogP contribution < -0.4 is 0 Å². The van der Waals surface area contributed by atoms with Gasteiger partial charge in [-0.05, 0) is 45.8 Å². The number of esters is 1. The molecule has 0 radical (unpaired) electrons. The quantitative estimate of drug-likeness (QED) is 0.786. The minimum absolute atomic E-state index is 0.374. The van der Waals surface area contributed by atoms with Gasteiger partial charge in [-0.3, -0.25) is 0 Å². The molecule has 1 aliphatic carbocycles. The molecule has 0 saturated heterocycles. The number of thiazole rings is 1. The summed E-state index contributed by atoms with van der Waals surface area (Å²) in [5, 5.41) is 0. The molecule has 19 heavy (non-hydrogen) atoms. The predicted octanol–water partition coefficient (Wildman–Crippen LogP) is 4.24. The first-order valence-electron chi connectivity index (χ1n) is 6.04. The van der Waals surface area contributed by atoms with E-state index in [0.29, 0.717) is 9.61 Å². The second-order valence-electron chi connectivity index (χ2n) is 4.53. The molecule has 0 amide bonds. The van der Waals surface area contributed by atoms with Crippen LogP contribution in [-0.2, 0) is 4.74 Å². The molecule has 1 saturated carbocycles.